The number of carbonyl (C=O) groups excluding carboxylic acids is 1. The van der Waals surface area contributed by atoms with E-state index in [1.54, 1.807) is 13.8 Å². The third kappa shape index (κ3) is 4.32. The number of hydrogen-bond donors (Lipinski definition) is 2. The molecule has 0 radical (unpaired) electrons. The van der Waals surface area contributed by atoms with Crippen LogP contribution >= 0.6 is 11.3 Å². The molecule has 0 aromatic carbocycles. The summed E-state index contributed by atoms with van der Waals surface area (Å²) in [5.74, 6) is -1.54. The zero-order chi connectivity index (χ0) is 14.6. The average Bonchev–Trinajstić information content (AvgIpc) is 2.76. The van der Waals surface area contributed by atoms with Gasteiger partial charge in [0.25, 0.3) is 5.91 Å². The predicted molar refractivity (Wildman–Crippen MR) is 69.3 cm³/mol. The summed E-state index contributed by atoms with van der Waals surface area (Å²) in [6, 6.07) is 2.10. The molecule has 0 aliphatic carbocycles. The van der Waals surface area contributed by atoms with Gasteiger partial charge in [-0.3, -0.25) is 19.7 Å². The Labute approximate surface area is 113 Å². The van der Waals surface area contributed by atoms with E-state index in [2.05, 4.69) is 5.32 Å². The van der Waals surface area contributed by atoms with E-state index in [-0.39, 0.29) is 22.2 Å². The van der Waals surface area contributed by atoms with Crippen LogP contribution in [0.4, 0.5) is 5.00 Å². The van der Waals surface area contributed by atoms with Gasteiger partial charge in [0, 0.05) is 12.1 Å². The summed E-state index contributed by atoms with van der Waals surface area (Å²) >= 11 is 0.763. The smallest absolute Gasteiger partial charge is 0.324 e. The lowest BCUT2D eigenvalue weighted by Crippen LogP contribution is -2.39. The molecule has 2 N–H and O–H groups in total. The largest absolute Gasteiger partial charge is 0.481 e. The summed E-state index contributed by atoms with van der Waals surface area (Å²) < 4.78 is 0. The highest BCUT2D eigenvalue weighted by molar-refractivity contribution is 7.17. The molecule has 1 rings (SSSR count). The highest BCUT2D eigenvalue weighted by Gasteiger charge is 2.22. The first-order chi connectivity index (χ1) is 8.81. The molecule has 0 saturated heterocycles. The van der Waals surface area contributed by atoms with E-state index in [1.165, 1.54) is 12.1 Å². The van der Waals surface area contributed by atoms with Crippen molar-refractivity contribution in [1.82, 2.24) is 5.32 Å². The van der Waals surface area contributed by atoms with E-state index >= 15 is 0 Å². The molecule has 1 aromatic heterocycles. The van der Waals surface area contributed by atoms with E-state index in [4.69, 9.17) is 5.11 Å². The fraction of sp³-hybridized carbons (Fsp3) is 0.455. The molecule has 19 heavy (non-hydrogen) atoms. The Morgan fingerprint density at radius 1 is 1.47 bits per heavy atom. The molecule has 7 nitrogen and oxygen atoms in total. The predicted octanol–water partition coefficient (Wildman–Crippen LogP) is 1.89. The topological polar surface area (TPSA) is 110 Å². The van der Waals surface area contributed by atoms with Gasteiger partial charge in [0.2, 0.25) is 0 Å². The standard InChI is InChI=1S/C11H14N2O5S/c1-6(2)7(5-10(14)15)12-11(16)8-3-4-9(19-8)13(17)18/h3-4,6-7H,5H2,1-2H3,(H,12,16)(H,14,15). The van der Waals surface area contributed by atoms with Gasteiger partial charge in [-0.15, -0.1) is 0 Å². The van der Waals surface area contributed by atoms with E-state index in [0.717, 1.165) is 11.3 Å². The fourth-order valence-electron chi connectivity index (χ4n) is 1.43. The third-order valence-corrected chi connectivity index (χ3v) is 3.55. The van der Waals surface area contributed by atoms with E-state index < -0.39 is 22.8 Å². The van der Waals surface area contributed by atoms with Crippen LogP contribution in [0.2, 0.25) is 0 Å². The summed E-state index contributed by atoms with van der Waals surface area (Å²) in [5, 5.41) is 21.7. The number of thiophene rings is 1. The van der Waals surface area contributed by atoms with Crippen molar-refractivity contribution in [3.63, 3.8) is 0 Å². The molecule has 0 fully saturated rings. The number of rotatable bonds is 6. The second kappa shape index (κ2) is 6.28. The SMILES string of the molecule is CC(C)C(CC(=O)O)NC(=O)c1ccc([N+](=O)[O-])s1. The molecule has 1 aromatic rings. The number of nitrogens with zero attached hydrogens (tertiary/aromatic N) is 1. The first kappa shape index (κ1) is 15.1. The zero-order valence-corrected chi connectivity index (χ0v) is 11.3. The molecule has 1 atom stereocenters. The molecule has 0 aliphatic rings. The molecule has 0 saturated carbocycles. The highest BCUT2D eigenvalue weighted by atomic mass is 32.1. The van der Waals surface area contributed by atoms with Crippen molar-refractivity contribution in [2.24, 2.45) is 5.92 Å². The van der Waals surface area contributed by atoms with Crippen LogP contribution in [0.25, 0.3) is 0 Å². The fourth-order valence-corrected chi connectivity index (χ4v) is 2.15. The maximum absolute atomic E-state index is 11.9. The Morgan fingerprint density at radius 3 is 2.53 bits per heavy atom. The molecule has 0 aliphatic heterocycles. The maximum Gasteiger partial charge on any atom is 0.324 e. The van der Waals surface area contributed by atoms with Gasteiger partial charge in [0.05, 0.1) is 16.2 Å². The first-order valence-corrected chi connectivity index (χ1v) is 6.39. The maximum atomic E-state index is 11.9. The summed E-state index contributed by atoms with van der Waals surface area (Å²) in [5.41, 5.74) is 0. The van der Waals surface area contributed by atoms with E-state index in [0.29, 0.717) is 0 Å². The van der Waals surface area contributed by atoms with Crippen LogP contribution in [0.15, 0.2) is 12.1 Å². The molecular weight excluding hydrogens is 272 g/mol. The van der Waals surface area contributed by atoms with Crippen molar-refractivity contribution in [1.29, 1.82) is 0 Å². The minimum Gasteiger partial charge on any atom is -0.481 e. The Hall–Kier alpha value is -1.96. The van der Waals surface area contributed by atoms with E-state index in [9.17, 15) is 19.7 Å². The Kier molecular flexibility index (Phi) is 4.99. The van der Waals surface area contributed by atoms with Gasteiger partial charge in [-0.05, 0) is 12.0 Å². The van der Waals surface area contributed by atoms with Gasteiger partial charge in [0.15, 0.2) is 0 Å². The number of carbonyl (C=O) groups is 2. The lowest BCUT2D eigenvalue weighted by molar-refractivity contribution is -0.380. The van der Waals surface area contributed by atoms with Crippen molar-refractivity contribution in [3.8, 4) is 0 Å². The lowest BCUT2D eigenvalue weighted by Gasteiger charge is -2.19. The van der Waals surface area contributed by atoms with Gasteiger partial charge in [-0.25, -0.2) is 0 Å². The molecule has 104 valence electrons. The van der Waals surface area contributed by atoms with Crippen molar-refractivity contribution in [3.05, 3.63) is 27.1 Å². The van der Waals surface area contributed by atoms with Crippen LogP contribution in [0.3, 0.4) is 0 Å². The number of aliphatic carboxylic acids is 1. The summed E-state index contributed by atoms with van der Waals surface area (Å²) in [4.78, 5) is 32.7. The second-order valence-corrected chi connectivity index (χ2v) is 5.38. The van der Waals surface area contributed by atoms with Crippen molar-refractivity contribution >= 4 is 28.2 Å². The van der Waals surface area contributed by atoms with Crippen LogP contribution in [0.1, 0.15) is 29.9 Å². The number of hydrogen-bond acceptors (Lipinski definition) is 5. The monoisotopic (exact) mass is 286 g/mol. The zero-order valence-electron chi connectivity index (χ0n) is 10.5. The molecule has 1 amide bonds. The van der Waals surface area contributed by atoms with Gasteiger partial charge < -0.3 is 10.4 Å². The van der Waals surface area contributed by atoms with Gasteiger partial charge >= 0.3 is 11.0 Å². The van der Waals surface area contributed by atoms with Crippen molar-refractivity contribution in [2.45, 2.75) is 26.3 Å². The first-order valence-electron chi connectivity index (χ1n) is 5.58. The minimum atomic E-state index is -1.00. The van der Waals surface area contributed by atoms with Crippen LogP contribution in [-0.4, -0.2) is 27.9 Å². The third-order valence-electron chi connectivity index (χ3n) is 2.51. The Bertz CT molecular complexity index is 497. The lowest BCUT2D eigenvalue weighted by atomic mass is 10.0. The summed E-state index contributed by atoms with van der Waals surface area (Å²) in [7, 11) is 0. The van der Waals surface area contributed by atoms with E-state index in [1.807, 2.05) is 0 Å². The Morgan fingerprint density at radius 2 is 2.11 bits per heavy atom. The number of amides is 1. The van der Waals surface area contributed by atoms with Crippen molar-refractivity contribution < 1.29 is 19.6 Å². The van der Waals surface area contributed by atoms with Crippen LogP contribution in [0, 0.1) is 16.0 Å². The highest BCUT2D eigenvalue weighted by Crippen LogP contribution is 2.24. The van der Waals surface area contributed by atoms with Gasteiger partial charge in [0.1, 0.15) is 0 Å². The number of nitrogens with one attached hydrogen (secondary N) is 1. The van der Waals surface area contributed by atoms with Gasteiger partial charge in [-0.2, -0.15) is 0 Å². The molecule has 1 unspecified atom stereocenters. The average molecular weight is 286 g/mol. The van der Waals surface area contributed by atoms with Crippen LogP contribution in [0.5, 0.6) is 0 Å². The van der Waals surface area contributed by atoms with Gasteiger partial charge in [-0.1, -0.05) is 25.2 Å². The van der Waals surface area contributed by atoms with Crippen LogP contribution in [-0.2, 0) is 4.79 Å². The summed E-state index contributed by atoms with van der Waals surface area (Å²) in [6.07, 6.45) is -0.184. The molecular formula is C11H14N2O5S. The number of nitro groups is 1. The Balaban J connectivity index is 2.75. The quantitative estimate of drug-likeness (QED) is 0.613. The molecule has 8 heteroatoms. The molecule has 0 bridgehead atoms. The molecule has 0 spiro atoms. The number of carboxylic acids is 1. The second-order valence-electron chi connectivity index (χ2n) is 4.32. The minimum absolute atomic E-state index is 0.0463. The normalized spacial score (nSPS) is 12.2. The van der Waals surface area contributed by atoms with Crippen LogP contribution < -0.4 is 5.32 Å². The summed E-state index contributed by atoms with van der Waals surface area (Å²) in [6.45, 7) is 3.59. The van der Waals surface area contributed by atoms with Crippen molar-refractivity contribution in [2.75, 3.05) is 0 Å². The number of carboxylic acid groups (broad SMARTS) is 1. The molecule has 1 heterocycles.